The molecule has 0 saturated carbocycles. The minimum Gasteiger partial charge on any atom is -0.422 e. The third-order valence-electron chi connectivity index (χ3n) is 3.56. The van der Waals surface area contributed by atoms with Crippen LogP contribution in [0.15, 0.2) is 65.1 Å². The predicted molar refractivity (Wildman–Crippen MR) is 107 cm³/mol. The molecule has 7 heteroatoms. The number of nitrogens with zero attached hydrogens (tertiary/aromatic N) is 1. The molecule has 1 aromatic heterocycles. The molecule has 0 spiro atoms. The van der Waals surface area contributed by atoms with Gasteiger partial charge in [-0.2, -0.15) is 5.10 Å². The molecule has 27 heavy (non-hydrogen) atoms. The van der Waals surface area contributed by atoms with E-state index in [0.29, 0.717) is 21.2 Å². The maximum absolute atomic E-state index is 12.1. The zero-order chi connectivity index (χ0) is 19.2. The Bertz CT molecular complexity index is 983. The number of carbonyl (C=O) groups is 2. The van der Waals surface area contributed by atoms with Crippen molar-refractivity contribution in [3.8, 4) is 5.75 Å². The molecule has 1 amide bonds. The fourth-order valence-corrected chi connectivity index (χ4v) is 3.12. The van der Waals surface area contributed by atoms with E-state index in [1.165, 1.54) is 17.6 Å². The predicted octanol–water partition coefficient (Wildman–Crippen LogP) is 4.69. The number of hydrogen-bond donors (Lipinski definition) is 1. The highest BCUT2D eigenvalue weighted by Gasteiger charge is 2.10. The van der Waals surface area contributed by atoms with Gasteiger partial charge in [0.1, 0.15) is 10.6 Å². The highest BCUT2D eigenvalue weighted by molar-refractivity contribution is 7.12. The van der Waals surface area contributed by atoms with Crippen LogP contribution in [-0.2, 0) is 0 Å². The van der Waals surface area contributed by atoms with Crippen molar-refractivity contribution in [1.82, 2.24) is 5.43 Å². The van der Waals surface area contributed by atoms with Crippen LogP contribution in [0.1, 0.15) is 31.2 Å². The lowest BCUT2D eigenvalue weighted by molar-refractivity contribution is 0.0739. The number of aryl methyl sites for hydroxylation is 1. The number of carbonyl (C=O) groups excluding carboxylic acids is 2. The Morgan fingerprint density at radius 3 is 2.59 bits per heavy atom. The summed E-state index contributed by atoms with van der Waals surface area (Å²) in [5.74, 6) is -0.354. The zero-order valence-corrected chi connectivity index (χ0v) is 15.9. The van der Waals surface area contributed by atoms with Crippen molar-refractivity contribution in [1.29, 1.82) is 0 Å². The number of rotatable bonds is 5. The van der Waals surface area contributed by atoms with Gasteiger partial charge in [-0.3, -0.25) is 4.79 Å². The van der Waals surface area contributed by atoms with Crippen LogP contribution >= 0.6 is 22.9 Å². The lowest BCUT2D eigenvalue weighted by atomic mass is 10.1. The summed E-state index contributed by atoms with van der Waals surface area (Å²) in [7, 11) is 0. The number of amides is 1. The van der Waals surface area contributed by atoms with Gasteiger partial charge in [0.25, 0.3) is 5.91 Å². The van der Waals surface area contributed by atoms with Crippen molar-refractivity contribution < 1.29 is 14.3 Å². The molecule has 0 atom stereocenters. The van der Waals surface area contributed by atoms with E-state index in [9.17, 15) is 9.59 Å². The number of ether oxygens (including phenoxy) is 1. The molecule has 1 heterocycles. The van der Waals surface area contributed by atoms with Gasteiger partial charge in [-0.1, -0.05) is 23.7 Å². The number of nitrogens with one attached hydrogen (secondary N) is 1. The maximum Gasteiger partial charge on any atom is 0.353 e. The van der Waals surface area contributed by atoms with Crippen LogP contribution in [-0.4, -0.2) is 18.1 Å². The molecule has 0 aliphatic heterocycles. The number of benzene rings is 2. The van der Waals surface area contributed by atoms with Crippen LogP contribution in [0.5, 0.6) is 5.75 Å². The fourth-order valence-electron chi connectivity index (χ4n) is 2.20. The highest BCUT2D eigenvalue weighted by atomic mass is 35.5. The molecular weight excluding hydrogens is 384 g/mol. The molecule has 5 nitrogen and oxygen atoms in total. The smallest absolute Gasteiger partial charge is 0.353 e. The van der Waals surface area contributed by atoms with Crippen molar-refractivity contribution >= 4 is 41.0 Å². The molecule has 3 aromatic rings. The van der Waals surface area contributed by atoms with E-state index < -0.39 is 11.9 Å². The topological polar surface area (TPSA) is 67.8 Å². The summed E-state index contributed by atoms with van der Waals surface area (Å²) in [6, 6.07) is 15.4. The van der Waals surface area contributed by atoms with Crippen LogP contribution in [0.25, 0.3) is 0 Å². The monoisotopic (exact) mass is 398 g/mol. The standard InChI is InChI=1S/C20H15ClN2O3S/c1-13-4-9-16(17(21)11-13)19(24)23-22-12-14-5-7-15(8-6-14)26-20(25)18-3-2-10-27-18/h2-12H,1H3,(H,23,24)/b22-12-. The molecule has 1 N–H and O–H groups in total. The summed E-state index contributed by atoms with van der Waals surface area (Å²) in [5.41, 5.74) is 4.50. The van der Waals surface area contributed by atoms with Crippen molar-refractivity contribution in [2.45, 2.75) is 6.92 Å². The van der Waals surface area contributed by atoms with E-state index in [1.807, 2.05) is 12.3 Å². The lowest BCUT2D eigenvalue weighted by Gasteiger charge is -2.04. The number of thiophene rings is 1. The molecule has 3 rings (SSSR count). The van der Waals surface area contributed by atoms with Gasteiger partial charge >= 0.3 is 5.97 Å². The van der Waals surface area contributed by atoms with Gasteiger partial charge in [0.15, 0.2) is 0 Å². The minimum atomic E-state index is -0.395. The van der Waals surface area contributed by atoms with Crippen molar-refractivity contribution in [3.63, 3.8) is 0 Å². The third kappa shape index (κ3) is 5.03. The molecule has 0 aliphatic carbocycles. The molecule has 136 valence electrons. The van der Waals surface area contributed by atoms with Gasteiger partial charge in [0.2, 0.25) is 0 Å². The fraction of sp³-hybridized carbons (Fsp3) is 0.0500. The quantitative estimate of drug-likeness (QED) is 0.293. The normalized spacial score (nSPS) is 10.7. The number of esters is 1. The molecule has 0 fully saturated rings. The van der Waals surface area contributed by atoms with E-state index in [0.717, 1.165) is 11.1 Å². The first kappa shape index (κ1) is 18.8. The van der Waals surface area contributed by atoms with E-state index >= 15 is 0 Å². The number of halogens is 1. The minimum absolute atomic E-state index is 0.357. The Hall–Kier alpha value is -2.96. The highest BCUT2D eigenvalue weighted by Crippen LogP contribution is 2.18. The van der Waals surface area contributed by atoms with Crippen LogP contribution < -0.4 is 10.2 Å². The molecular formula is C20H15ClN2O3S. The van der Waals surface area contributed by atoms with Gasteiger partial charge in [0.05, 0.1) is 16.8 Å². The summed E-state index contributed by atoms with van der Waals surface area (Å²) in [6.45, 7) is 1.90. The first-order valence-electron chi connectivity index (χ1n) is 7.98. The average molecular weight is 399 g/mol. The van der Waals surface area contributed by atoms with Gasteiger partial charge in [-0.15, -0.1) is 11.3 Å². The Kier molecular flexibility index (Phi) is 6.01. The summed E-state index contributed by atoms with van der Waals surface area (Å²) in [5, 5.41) is 6.11. The van der Waals surface area contributed by atoms with Crippen LogP contribution in [0.2, 0.25) is 5.02 Å². The molecule has 0 radical (unpaired) electrons. The third-order valence-corrected chi connectivity index (χ3v) is 4.72. The average Bonchev–Trinajstić information content (AvgIpc) is 3.18. The van der Waals surface area contributed by atoms with Gasteiger partial charge in [-0.25, -0.2) is 10.2 Å². The van der Waals surface area contributed by atoms with Crippen LogP contribution in [0.3, 0.4) is 0 Å². The second-order valence-corrected chi connectivity index (χ2v) is 6.97. The second-order valence-electron chi connectivity index (χ2n) is 5.62. The molecule has 0 aliphatic rings. The van der Waals surface area contributed by atoms with Crippen molar-refractivity contribution in [2.75, 3.05) is 0 Å². The van der Waals surface area contributed by atoms with Gasteiger partial charge in [-0.05, 0) is 65.9 Å². The maximum atomic E-state index is 12.1. The first-order valence-corrected chi connectivity index (χ1v) is 9.24. The summed E-state index contributed by atoms with van der Waals surface area (Å²) in [6.07, 6.45) is 1.49. The van der Waals surface area contributed by atoms with Crippen molar-refractivity contribution in [2.24, 2.45) is 5.10 Å². The summed E-state index contributed by atoms with van der Waals surface area (Å²) in [4.78, 5) is 24.5. The van der Waals surface area contributed by atoms with Crippen LogP contribution in [0, 0.1) is 6.92 Å². The van der Waals surface area contributed by atoms with E-state index in [4.69, 9.17) is 16.3 Å². The Morgan fingerprint density at radius 1 is 1.15 bits per heavy atom. The molecule has 0 unspecified atom stereocenters. The Morgan fingerprint density at radius 2 is 1.93 bits per heavy atom. The number of hydrazone groups is 1. The molecule has 2 aromatic carbocycles. The summed E-state index contributed by atoms with van der Waals surface area (Å²) >= 11 is 7.38. The van der Waals surface area contributed by atoms with Gasteiger partial charge in [0, 0.05) is 0 Å². The van der Waals surface area contributed by atoms with E-state index in [1.54, 1.807) is 54.6 Å². The number of hydrogen-bond acceptors (Lipinski definition) is 5. The van der Waals surface area contributed by atoms with Crippen molar-refractivity contribution in [3.05, 3.63) is 86.6 Å². The molecule has 0 saturated heterocycles. The molecule has 0 bridgehead atoms. The van der Waals surface area contributed by atoms with E-state index in [-0.39, 0.29) is 0 Å². The SMILES string of the molecule is Cc1ccc(C(=O)N/N=C\c2ccc(OC(=O)c3cccs3)cc2)c(Cl)c1. The largest absolute Gasteiger partial charge is 0.422 e. The lowest BCUT2D eigenvalue weighted by Crippen LogP contribution is -2.18. The Labute approximate surface area is 165 Å². The Balaban J connectivity index is 1.57. The first-order chi connectivity index (χ1) is 13.0. The summed E-state index contributed by atoms with van der Waals surface area (Å²) < 4.78 is 5.28. The van der Waals surface area contributed by atoms with E-state index in [2.05, 4.69) is 10.5 Å². The van der Waals surface area contributed by atoms with Gasteiger partial charge < -0.3 is 4.74 Å². The van der Waals surface area contributed by atoms with Crippen LogP contribution in [0.4, 0.5) is 0 Å². The second kappa shape index (κ2) is 8.62. The zero-order valence-electron chi connectivity index (χ0n) is 14.3.